The number of anilines is 2. The minimum absolute atomic E-state index is 0.641. The van der Waals surface area contributed by atoms with Gasteiger partial charge in [0.05, 0.1) is 19.6 Å². The molecule has 0 atom stereocenters. The third-order valence-electron chi connectivity index (χ3n) is 4.33. The number of pyridine rings is 1. The van der Waals surface area contributed by atoms with Crippen molar-refractivity contribution in [2.75, 3.05) is 19.5 Å². The van der Waals surface area contributed by atoms with Crippen molar-refractivity contribution in [1.82, 2.24) is 15.0 Å². The quantitative estimate of drug-likeness (QED) is 0.494. The summed E-state index contributed by atoms with van der Waals surface area (Å²) in [6.07, 6.45) is 4.47. The molecule has 4 rings (SSSR count). The molecule has 0 aliphatic heterocycles. The lowest BCUT2D eigenvalue weighted by molar-refractivity contribution is 0.395. The first-order valence-electron chi connectivity index (χ1n) is 8.91. The number of nitrogens with zero attached hydrogens (tertiary/aromatic N) is 3. The molecule has 0 aliphatic carbocycles. The van der Waals surface area contributed by atoms with Crippen LogP contribution in [-0.4, -0.2) is 29.2 Å². The van der Waals surface area contributed by atoms with E-state index >= 15 is 0 Å². The van der Waals surface area contributed by atoms with E-state index in [-0.39, 0.29) is 0 Å². The Morgan fingerprint density at radius 1 is 1.04 bits per heavy atom. The van der Waals surface area contributed by atoms with Gasteiger partial charge in [-0.05, 0) is 24.6 Å². The molecule has 1 aromatic carbocycles. The highest BCUT2D eigenvalue weighted by molar-refractivity contribution is 7.18. The van der Waals surface area contributed by atoms with Gasteiger partial charge in [-0.25, -0.2) is 9.97 Å². The molecule has 0 unspecified atom stereocenters. The zero-order valence-electron chi connectivity index (χ0n) is 15.9. The molecule has 142 valence electrons. The van der Waals surface area contributed by atoms with E-state index in [2.05, 4.69) is 23.3 Å². The summed E-state index contributed by atoms with van der Waals surface area (Å²) in [6, 6.07) is 11.6. The number of ether oxygens (including phenoxy) is 2. The van der Waals surface area contributed by atoms with Gasteiger partial charge in [-0.15, -0.1) is 11.3 Å². The van der Waals surface area contributed by atoms with Crippen molar-refractivity contribution in [1.29, 1.82) is 0 Å². The molecule has 0 radical (unpaired) electrons. The summed E-state index contributed by atoms with van der Waals surface area (Å²) < 4.78 is 10.8. The average molecular weight is 392 g/mol. The lowest BCUT2D eigenvalue weighted by atomic mass is 10.2. The third-order valence-corrected chi connectivity index (χ3v) is 5.50. The minimum atomic E-state index is 0.641. The molecule has 0 spiro atoms. The molecular weight excluding hydrogens is 372 g/mol. The Hall–Kier alpha value is -3.19. The zero-order chi connectivity index (χ0) is 19.5. The van der Waals surface area contributed by atoms with Gasteiger partial charge >= 0.3 is 0 Å². The van der Waals surface area contributed by atoms with Crippen molar-refractivity contribution in [3.05, 3.63) is 53.7 Å². The number of thiophene rings is 1. The van der Waals surface area contributed by atoms with Gasteiger partial charge < -0.3 is 14.8 Å². The fourth-order valence-corrected chi connectivity index (χ4v) is 3.85. The summed E-state index contributed by atoms with van der Waals surface area (Å²) >= 11 is 1.69. The Bertz CT molecular complexity index is 1090. The molecule has 28 heavy (non-hydrogen) atoms. The number of nitrogens with one attached hydrogen (secondary N) is 1. The van der Waals surface area contributed by atoms with Gasteiger partial charge in [0.15, 0.2) is 5.82 Å². The lowest BCUT2D eigenvalue weighted by Gasteiger charge is -2.12. The van der Waals surface area contributed by atoms with E-state index in [9.17, 15) is 0 Å². The molecule has 0 fully saturated rings. The van der Waals surface area contributed by atoms with Crippen LogP contribution in [0.15, 0.2) is 48.8 Å². The second-order valence-corrected chi connectivity index (χ2v) is 7.26. The van der Waals surface area contributed by atoms with Crippen LogP contribution in [0.2, 0.25) is 0 Å². The molecule has 7 heteroatoms. The number of methoxy groups -OCH3 is 2. The van der Waals surface area contributed by atoms with Gasteiger partial charge in [-0.1, -0.05) is 6.92 Å². The fourth-order valence-electron chi connectivity index (χ4n) is 2.88. The molecule has 0 saturated carbocycles. The van der Waals surface area contributed by atoms with Crippen molar-refractivity contribution in [3.63, 3.8) is 0 Å². The van der Waals surface area contributed by atoms with Crippen LogP contribution in [-0.2, 0) is 6.42 Å². The summed E-state index contributed by atoms with van der Waals surface area (Å²) in [4.78, 5) is 16.0. The van der Waals surface area contributed by atoms with Gasteiger partial charge in [0, 0.05) is 46.7 Å². The van der Waals surface area contributed by atoms with E-state index in [1.807, 2.05) is 30.3 Å². The predicted molar refractivity (Wildman–Crippen MR) is 113 cm³/mol. The van der Waals surface area contributed by atoms with Crippen molar-refractivity contribution in [3.8, 4) is 22.9 Å². The van der Waals surface area contributed by atoms with E-state index in [0.717, 1.165) is 33.7 Å². The molecule has 0 amide bonds. The molecule has 4 aromatic rings. The number of hydrogen-bond acceptors (Lipinski definition) is 7. The van der Waals surface area contributed by atoms with Gasteiger partial charge in [0.1, 0.15) is 22.1 Å². The number of rotatable bonds is 6. The average Bonchev–Trinajstić information content (AvgIpc) is 3.17. The summed E-state index contributed by atoms with van der Waals surface area (Å²) in [5.74, 6) is 2.80. The molecule has 3 heterocycles. The second-order valence-electron chi connectivity index (χ2n) is 6.15. The number of aryl methyl sites for hydroxylation is 1. The highest BCUT2D eigenvalue weighted by Crippen LogP contribution is 2.34. The Labute approximate surface area is 167 Å². The van der Waals surface area contributed by atoms with Crippen LogP contribution in [0.4, 0.5) is 11.5 Å². The molecule has 0 aliphatic rings. The fraction of sp³-hybridized carbons (Fsp3) is 0.190. The predicted octanol–water partition coefficient (Wildman–Crippen LogP) is 5.08. The Morgan fingerprint density at radius 3 is 2.46 bits per heavy atom. The van der Waals surface area contributed by atoms with Crippen LogP contribution >= 0.6 is 11.3 Å². The monoisotopic (exact) mass is 392 g/mol. The van der Waals surface area contributed by atoms with Crippen LogP contribution in [0.5, 0.6) is 11.5 Å². The van der Waals surface area contributed by atoms with E-state index in [1.54, 1.807) is 38.0 Å². The van der Waals surface area contributed by atoms with Gasteiger partial charge in [-0.3, -0.25) is 4.98 Å². The standard InChI is InChI=1S/C21H20N4O2S/c1-4-17-11-18-20(23-14-8-15(26-2)10-16(9-14)27-3)24-19(25-21(18)28-17)13-6-5-7-22-12-13/h5-12H,4H2,1-3H3,(H,23,24,25). The minimum Gasteiger partial charge on any atom is -0.497 e. The van der Waals surface area contributed by atoms with Crippen LogP contribution in [0.25, 0.3) is 21.6 Å². The topological polar surface area (TPSA) is 69.2 Å². The van der Waals surface area contributed by atoms with E-state index in [0.29, 0.717) is 17.3 Å². The maximum absolute atomic E-state index is 5.38. The van der Waals surface area contributed by atoms with Gasteiger partial charge in [-0.2, -0.15) is 0 Å². The Kier molecular flexibility index (Phi) is 5.08. The van der Waals surface area contributed by atoms with E-state index < -0.39 is 0 Å². The largest absolute Gasteiger partial charge is 0.497 e. The van der Waals surface area contributed by atoms with Crippen molar-refractivity contribution >= 4 is 33.1 Å². The van der Waals surface area contributed by atoms with Gasteiger partial charge in [0.25, 0.3) is 0 Å². The summed E-state index contributed by atoms with van der Waals surface area (Å²) in [5, 5.41) is 4.42. The van der Waals surface area contributed by atoms with Crippen LogP contribution in [0.1, 0.15) is 11.8 Å². The van der Waals surface area contributed by atoms with E-state index in [4.69, 9.17) is 19.4 Å². The molecule has 0 bridgehead atoms. The first kappa shape index (κ1) is 18.2. The third kappa shape index (κ3) is 3.61. The Morgan fingerprint density at radius 2 is 1.82 bits per heavy atom. The van der Waals surface area contributed by atoms with Gasteiger partial charge in [0.2, 0.25) is 0 Å². The van der Waals surface area contributed by atoms with E-state index in [1.165, 1.54) is 4.88 Å². The normalized spacial score (nSPS) is 10.8. The highest BCUT2D eigenvalue weighted by Gasteiger charge is 2.14. The molecular formula is C21H20N4O2S. The maximum atomic E-state index is 5.38. The summed E-state index contributed by atoms with van der Waals surface area (Å²) in [5.41, 5.74) is 1.71. The lowest BCUT2D eigenvalue weighted by Crippen LogP contribution is -1.99. The second kappa shape index (κ2) is 7.82. The number of hydrogen-bond donors (Lipinski definition) is 1. The van der Waals surface area contributed by atoms with Crippen molar-refractivity contribution in [2.24, 2.45) is 0 Å². The highest BCUT2D eigenvalue weighted by atomic mass is 32.1. The smallest absolute Gasteiger partial charge is 0.164 e. The first-order chi connectivity index (χ1) is 13.7. The molecule has 6 nitrogen and oxygen atoms in total. The zero-order valence-corrected chi connectivity index (χ0v) is 16.7. The van der Waals surface area contributed by atoms with Crippen molar-refractivity contribution in [2.45, 2.75) is 13.3 Å². The molecule has 1 N–H and O–H groups in total. The number of benzene rings is 1. The summed E-state index contributed by atoms with van der Waals surface area (Å²) in [7, 11) is 3.27. The number of aromatic nitrogens is 3. The Balaban J connectivity index is 1.84. The first-order valence-corrected chi connectivity index (χ1v) is 9.72. The van der Waals surface area contributed by atoms with Crippen LogP contribution in [0.3, 0.4) is 0 Å². The molecule has 0 saturated heterocycles. The summed E-state index contributed by atoms with van der Waals surface area (Å²) in [6.45, 7) is 2.14. The molecule has 3 aromatic heterocycles. The van der Waals surface area contributed by atoms with Crippen LogP contribution < -0.4 is 14.8 Å². The van der Waals surface area contributed by atoms with Crippen LogP contribution in [0, 0.1) is 0 Å². The maximum Gasteiger partial charge on any atom is 0.164 e. The SMILES string of the molecule is CCc1cc2c(Nc3cc(OC)cc(OC)c3)nc(-c3cccnc3)nc2s1. The van der Waals surface area contributed by atoms with Crippen molar-refractivity contribution < 1.29 is 9.47 Å². The number of fused-ring (bicyclic) bond motifs is 1.